The standard InChI is InChI=1S/C23H27NO6/c1-27-18-5-3-17(4-6-18)23(9-12-28-13-10-23)22(26)24-11-8-19(25)16-2-7-20-21(14-16)30-15-29-20/h2-7,14,19,25H,8-13,15H2,1H3,(H,24,26). The van der Waals surface area contributed by atoms with Crippen molar-refractivity contribution in [1.82, 2.24) is 5.32 Å². The highest BCUT2D eigenvalue weighted by Crippen LogP contribution is 2.37. The molecular formula is C23H27NO6. The van der Waals surface area contributed by atoms with Crippen LogP contribution in [0.5, 0.6) is 17.2 Å². The van der Waals surface area contributed by atoms with E-state index < -0.39 is 11.5 Å². The fraction of sp³-hybridized carbons (Fsp3) is 0.435. The number of amides is 1. The van der Waals surface area contributed by atoms with Gasteiger partial charge in [-0.3, -0.25) is 4.79 Å². The van der Waals surface area contributed by atoms with Gasteiger partial charge in [-0.05, 0) is 54.7 Å². The van der Waals surface area contributed by atoms with Gasteiger partial charge in [0.25, 0.3) is 0 Å². The number of ether oxygens (including phenoxy) is 4. The molecule has 1 fully saturated rings. The Morgan fingerprint density at radius 3 is 2.60 bits per heavy atom. The number of fused-ring (bicyclic) bond motifs is 1. The number of rotatable bonds is 7. The fourth-order valence-electron chi connectivity index (χ4n) is 4.06. The van der Waals surface area contributed by atoms with E-state index >= 15 is 0 Å². The number of nitrogens with one attached hydrogen (secondary N) is 1. The Labute approximate surface area is 175 Å². The van der Waals surface area contributed by atoms with Crippen LogP contribution in [0.1, 0.15) is 36.5 Å². The monoisotopic (exact) mass is 413 g/mol. The Morgan fingerprint density at radius 1 is 1.13 bits per heavy atom. The molecule has 0 spiro atoms. The van der Waals surface area contributed by atoms with Crippen LogP contribution >= 0.6 is 0 Å². The molecule has 0 bridgehead atoms. The third-order valence-corrected chi connectivity index (χ3v) is 5.91. The average Bonchev–Trinajstić information content (AvgIpc) is 3.27. The summed E-state index contributed by atoms with van der Waals surface area (Å²) in [5, 5.41) is 13.6. The van der Waals surface area contributed by atoms with E-state index in [1.807, 2.05) is 30.3 Å². The van der Waals surface area contributed by atoms with E-state index in [1.54, 1.807) is 19.2 Å². The summed E-state index contributed by atoms with van der Waals surface area (Å²) in [4.78, 5) is 13.2. The van der Waals surface area contributed by atoms with Gasteiger partial charge in [-0.2, -0.15) is 0 Å². The molecule has 7 heteroatoms. The minimum Gasteiger partial charge on any atom is -0.497 e. The highest BCUT2D eigenvalue weighted by Gasteiger charge is 2.41. The predicted molar refractivity (Wildman–Crippen MR) is 110 cm³/mol. The molecule has 1 atom stereocenters. The molecule has 4 rings (SSSR count). The molecule has 0 radical (unpaired) electrons. The first-order valence-electron chi connectivity index (χ1n) is 10.2. The van der Waals surface area contributed by atoms with E-state index in [9.17, 15) is 9.90 Å². The maximum Gasteiger partial charge on any atom is 0.231 e. The molecule has 0 aromatic heterocycles. The van der Waals surface area contributed by atoms with Crippen molar-refractivity contribution in [3.8, 4) is 17.2 Å². The second-order valence-corrected chi connectivity index (χ2v) is 7.60. The molecule has 2 aliphatic heterocycles. The Morgan fingerprint density at radius 2 is 1.87 bits per heavy atom. The summed E-state index contributed by atoms with van der Waals surface area (Å²) in [6, 6.07) is 13.0. The molecular weight excluding hydrogens is 386 g/mol. The van der Waals surface area contributed by atoms with Crippen molar-refractivity contribution in [2.75, 3.05) is 33.7 Å². The molecule has 2 aliphatic rings. The van der Waals surface area contributed by atoms with Crippen molar-refractivity contribution in [2.45, 2.75) is 30.8 Å². The van der Waals surface area contributed by atoms with Crippen LogP contribution in [0, 0.1) is 0 Å². The normalized spacial score (nSPS) is 17.9. The molecule has 1 amide bonds. The minimum absolute atomic E-state index is 0.0335. The van der Waals surface area contributed by atoms with Crippen molar-refractivity contribution < 1.29 is 28.8 Å². The number of hydrogen-bond donors (Lipinski definition) is 2. The summed E-state index contributed by atoms with van der Waals surface area (Å²) >= 11 is 0. The number of hydrogen-bond acceptors (Lipinski definition) is 6. The minimum atomic E-state index is -0.702. The van der Waals surface area contributed by atoms with Crippen LogP contribution in [-0.4, -0.2) is 44.7 Å². The third-order valence-electron chi connectivity index (χ3n) is 5.91. The van der Waals surface area contributed by atoms with E-state index in [0.29, 0.717) is 50.5 Å². The second kappa shape index (κ2) is 8.93. The van der Waals surface area contributed by atoms with Gasteiger partial charge in [0.2, 0.25) is 12.7 Å². The topological polar surface area (TPSA) is 86.3 Å². The third kappa shape index (κ3) is 4.08. The Hall–Kier alpha value is -2.77. The van der Waals surface area contributed by atoms with Crippen LogP contribution in [0.2, 0.25) is 0 Å². The van der Waals surface area contributed by atoms with Crippen LogP contribution < -0.4 is 19.5 Å². The maximum absolute atomic E-state index is 13.2. The van der Waals surface area contributed by atoms with Crippen LogP contribution in [0.15, 0.2) is 42.5 Å². The lowest BCUT2D eigenvalue weighted by Crippen LogP contribution is -2.48. The van der Waals surface area contributed by atoms with Crippen molar-refractivity contribution in [1.29, 1.82) is 0 Å². The Kier molecular flexibility index (Phi) is 6.11. The zero-order chi connectivity index (χ0) is 21.0. The van der Waals surface area contributed by atoms with E-state index in [4.69, 9.17) is 18.9 Å². The summed E-state index contributed by atoms with van der Waals surface area (Å²) < 4.78 is 21.4. The van der Waals surface area contributed by atoms with Gasteiger partial charge in [-0.25, -0.2) is 0 Å². The first-order valence-corrected chi connectivity index (χ1v) is 10.2. The number of benzene rings is 2. The zero-order valence-electron chi connectivity index (χ0n) is 17.1. The van der Waals surface area contributed by atoms with Crippen LogP contribution in [0.3, 0.4) is 0 Å². The van der Waals surface area contributed by atoms with Crippen molar-refractivity contribution in [3.05, 3.63) is 53.6 Å². The lowest BCUT2D eigenvalue weighted by molar-refractivity contribution is -0.130. The van der Waals surface area contributed by atoms with Gasteiger partial charge in [0.15, 0.2) is 11.5 Å². The first kappa shape index (κ1) is 20.5. The SMILES string of the molecule is COc1ccc(C2(C(=O)NCCC(O)c3ccc4c(c3)OCO4)CCOCC2)cc1. The van der Waals surface area contributed by atoms with Crippen LogP contribution in [0.4, 0.5) is 0 Å². The Bertz CT molecular complexity index is 876. The van der Waals surface area contributed by atoms with Crippen molar-refractivity contribution >= 4 is 5.91 Å². The summed E-state index contributed by atoms with van der Waals surface area (Å²) in [5.41, 5.74) is 1.07. The van der Waals surface area contributed by atoms with Gasteiger partial charge >= 0.3 is 0 Å². The molecule has 30 heavy (non-hydrogen) atoms. The number of aliphatic hydroxyl groups is 1. The van der Waals surface area contributed by atoms with E-state index in [2.05, 4.69) is 5.32 Å². The summed E-state index contributed by atoms with van der Waals surface area (Å²) in [6.45, 7) is 1.65. The van der Waals surface area contributed by atoms with Gasteiger partial charge in [0, 0.05) is 19.8 Å². The van der Waals surface area contributed by atoms with Crippen LogP contribution in [0.25, 0.3) is 0 Å². The van der Waals surface area contributed by atoms with Gasteiger partial charge in [-0.15, -0.1) is 0 Å². The Balaban J connectivity index is 1.40. The summed E-state index contributed by atoms with van der Waals surface area (Å²) in [5.74, 6) is 2.04. The highest BCUT2D eigenvalue weighted by atomic mass is 16.7. The van der Waals surface area contributed by atoms with E-state index in [0.717, 1.165) is 16.9 Å². The van der Waals surface area contributed by atoms with E-state index in [1.165, 1.54) is 0 Å². The molecule has 1 unspecified atom stereocenters. The molecule has 2 aromatic rings. The smallest absolute Gasteiger partial charge is 0.231 e. The number of methoxy groups -OCH3 is 1. The van der Waals surface area contributed by atoms with Crippen molar-refractivity contribution in [2.24, 2.45) is 0 Å². The molecule has 2 aromatic carbocycles. The first-order chi connectivity index (χ1) is 14.6. The molecule has 1 saturated heterocycles. The summed E-state index contributed by atoms with van der Waals surface area (Å²) in [6.07, 6.45) is 0.943. The maximum atomic E-state index is 13.2. The van der Waals surface area contributed by atoms with Gasteiger partial charge in [0.05, 0.1) is 18.6 Å². The highest BCUT2D eigenvalue weighted by molar-refractivity contribution is 5.88. The van der Waals surface area contributed by atoms with Crippen molar-refractivity contribution in [3.63, 3.8) is 0 Å². The average molecular weight is 413 g/mol. The second-order valence-electron chi connectivity index (χ2n) is 7.60. The molecule has 0 saturated carbocycles. The fourth-order valence-corrected chi connectivity index (χ4v) is 4.06. The zero-order valence-corrected chi connectivity index (χ0v) is 17.1. The summed E-state index contributed by atoms with van der Waals surface area (Å²) in [7, 11) is 1.62. The molecule has 2 N–H and O–H groups in total. The molecule has 7 nitrogen and oxygen atoms in total. The van der Waals surface area contributed by atoms with E-state index in [-0.39, 0.29) is 12.7 Å². The lowest BCUT2D eigenvalue weighted by atomic mass is 9.73. The number of carbonyl (C=O) groups excluding carboxylic acids is 1. The van der Waals surface area contributed by atoms with Gasteiger partial charge in [-0.1, -0.05) is 18.2 Å². The number of aliphatic hydroxyl groups excluding tert-OH is 1. The number of carbonyl (C=O) groups is 1. The molecule has 0 aliphatic carbocycles. The largest absolute Gasteiger partial charge is 0.497 e. The van der Waals surface area contributed by atoms with Crippen LogP contribution in [-0.2, 0) is 14.9 Å². The van der Waals surface area contributed by atoms with Gasteiger partial charge < -0.3 is 29.4 Å². The quantitative estimate of drug-likeness (QED) is 0.726. The molecule has 2 heterocycles. The predicted octanol–water partition coefficient (Wildman–Crippen LogP) is 2.71. The lowest BCUT2D eigenvalue weighted by Gasteiger charge is -2.36. The van der Waals surface area contributed by atoms with Gasteiger partial charge in [0.1, 0.15) is 5.75 Å². The molecule has 160 valence electrons.